The number of hydrogen-bond donors (Lipinski definition) is 1. The predicted molar refractivity (Wildman–Crippen MR) is 74.7 cm³/mol. The molecule has 0 saturated carbocycles. The van der Waals surface area contributed by atoms with Gasteiger partial charge >= 0.3 is 0 Å². The summed E-state index contributed by atoms with van der Waals surface area (Å²) in [7, 11) is 1.51. The van der Waals surface area contributed by atoms with Crippen molar-refractivity contribution in [1.82, 2.24) is 4.98 Å². The molecule has 2 N–H and O–H groups in total. The van der Waals surface area contributed by atoms with Crippen molar-refractivity contribution in [2.24, 2.45) is 0 Å². The van der Waals surface area contributed by atoms with E-state index in [0.29, 0.717) is 22.2 Å². The highest BCUT2D eigenvalue weighted by Crippen LogP contribution is 2.24. The Balaban J connectivity index is 2.25. The van der Waals surface area contributed by atoms with Gasteiger partial charge in [0.05, 0.1) is 12.7 Å². The lowest BCUT2D eigenvalue weighted by Crippen LogP contribution is -2.06. The van der Waals surface area contributed by atoms with Gasteiger partial charge in [0.1, 0.15) is 11.6 Å². The van der Waals surface area contributed by atoms with E-state index in [-0.39, 0.29) is 12.2 Å². The zero-order valence-electron chi connectivity index (χ0n) is 10.4. The van der Waals surface area contributed by atoms with Crippen LogP contribution in [0.5, 0.6) is 5.75 Å². The summed E-state index contributed by atoms with van der Waals surface area (Å²) in [6.45, 7) is 0. The smallest absolute Gasteiger partial charge is 0.170 e. The molecule has 0 radical (unpaired) electrons. The standard InChI is InChI=1S/C14H13ClN2O2/c1-19-13-8-10(15)2-3-11(13)12(18)6-9-4-5-17-14(16)7-9/h2-5,7-8H,6H2,1H3,(H2,16,17). The Labute approximate surface area is 116 Å². The number of methoxy groups -OCH3 is 1. The summed E-state index contributed by atoms with van der Waals surface area (Å²) in [5.41, 5.74) is 6.90. The van der Waals surface area contributed by atoms with Gasteiger partial charge in [0.25, 0.3) is 0 Å². The SMILES string of the molecule is COc1cc(Cl)ccc1C(=O)Cc1ccnc(N)c1. The number of anilines is 1. The Kier molecular flexibility index (Phi) is 4.02. The van der Waals surface area contributed by atoms with Crippen LogP contribution in [0.3, 0.4) is 0 Å². The summed E-state index contributed by atoms with van der Waals surface area (Å²) in [4.78, 5) is 16.1. The molecule has 98 valence electrons. The minimum Gasteiger partial charge on any atom is -0.496 e. The van der Waals surface area contributed by atoms with Crippen molar-refractivity contribution < 1.29 is 9.53 Å². The van der Waals surface area contributed by atoms with Crippen molar-refractivity contribution >= 4 is 23.2 Å². The van der Waals surface area contributed by atoms with Crippen LogP contribution in [0.1, 0.15) is 15.9 Å². The van der Waals surface area contributed by atoms with E-state index in [1.165, 1.54) is 7.11 Å². The number of halogens is 1. The fourth-order valence-corrected chi connectivity index (χ4v) is 1.94. The molecular weight excluding hydrogens is 264 g/mol. The Hall–Kier alpha value is -2.07. The van der Waals surface area contributed by atoms with Crippen LogP contribution >= 0.6 is 11.6 Å². The lowest BCUT2D eigenvalue weighted by Gasteiger charge is -2.08. The van der Waals surface area contributed by atoms with Crippen LogP contribution in [0.25, 0.3) is 0 Å². The predicted octanol–water partition coefficient (Wildman–Crippen LogP) is 2.75. The molecule has 1 aromatic heterocycles. The maximum absolute atomic E-state index is 12.2. The molecule has 0 aliphatic rings. The van der Waals surface area contributed by atoms with Crippen LogP contribution in [0, 0.1) is 0 Å². The van der Waals surface area contributed by atoms with Gasteiger partial charge in [-0.25, -0.2) is 4.98 Å². The van der Waals surface area contributed by atoms with Crippen molar-refractivity contribution in [2.75, 3.05) is 12.8 Å². The summed E-state index contributed by atoms with van der Waals surface area (Å²) < 4.78 is 5.17. The maximum Gasteiger partial charge on any atom is 0.170 e. The van der Waals surface area contributed by atoms with E-state index in [1.807, 2.05) is 0 Å². The first kappa shape index (κ1) is 13.4. The molecule has 0 amide bonds. The number of Topliss-reactive ketones (excluding diaryl/α,β-unsaturated/α-hetero) is 1. The molecule has 4 nitrogen and oxygen atoms in total. The molecule has 0 unspecified atom stereocenters. The molecule has 2 rings (SSSR count). The molecular formula is C14H13ClN2O2. The first-order valence-electron chi connectivity index (χ1n) is 5.67. The van der Waals surface area contributed by atoms with Crippen molar-refractivity contribution in [3.8, 4) is 5.75 Å². The van der Waals surface area contributed by atoms with Gasteiger partial charge in [0.2, 0.25) is 0 Å². The Morgan fingerprint density at radius 2 is 2.16 bits per heavy atom. The number of rotatable bonds is 4. The zero-order chi connectivity index (χ0) is 13.8. The minimum atomic E-state index is -0.0564. The van der Waals surface area contributed by atoms with Gasteiger partial charge in [-0.15, -0.1) is 0 Å². The molecule has 0 bridgehead atoms. The van der Waals surface area contributed by atoms with Gasteiger partial charge < -0.3 is 10.5 Å². The minimum absolute atomic E-state index is 0.0564. The van der Waals surface area contributed by atoms with Gasteiger partial charge in [-0.2, -0.15) is 0 Å². The van der Waals surface area contributed by atoms with Gasteiger partial charge in [-0.1, -0.05) is 11.6 Å². The average Bonchev–Trinajstić information content (AvgIpc) is 2.38. The molecule has 19 heavy (non-hydrogen) atoms. The van der Waals surface area contributed by atoms with Gasteiger partial charge in [-0.05, 0) is 35.9 Å². The summed E-state index contributed by atoms with van der Waals surface area (Å²) >= 11 is 5.87. The molecule has 0 fully saturated rings. The Morgan fingerprint density at radius 3 is 2.84 bits per heavy atom. The van der Waals surface area contributed by atoms with Crippen LogP contribution in [-0.4, -0.2) is 17.9 Å². The van der Waals surface area contributed by atoms with E-state index in [4.69, 9.17) is 22.1 Å². The number of carbonyl (C=O) groups is 1. The van der Waals surface area contributed by atoms with Crippen LogP contribution in [-0.2, 0) is 6.42 Å². The number of nitrogens with two attached hydrogens (primary N) is 1. The number of ketones is 1. The number of pyridine rings is 1. The molecule has 0 saturated heterocycles. The topological polar surface area (TPSA) is 65.2 Å². The van der Waals surface area contributed by atoms with Crippen LogP contribution in [0.4, 0.5) is 5.82 Å². The largest absolute Gasteiger partial charge is 0.496 e. The van der Waals surface area contributed by atoms with Crippen molar-refractivity contribution in [1.29, 1.82) is 0 Å². The molecule has 0 spiro atoms. The van der Waals surface area contributed by atoms with Crippen molar-refractivity contribution in [2.45, 2.75) is 6.42 Å². The summed E-state index contributed by atoms with van der Waals surface area (Å²) in [5.74, 6) is 0.812. The second-order valence-corrected chi connectivity index (χ2v) is 4.47. The third-order valence-corrected chi connectivity index (χ3v) is 2.91. The lowest BCUT2D eigenvalue weighted by molar-refractivity contribution is 0.0990. The number of nitrogens with zero attached hydrogens (tertiary/aromatic N) is 1. The van der Waals surface area contributed by atoms with Gasteiger partial charge in [0, 0.05) is 17.6 Å². The molecule has 5 heteroatoms. The highest BCUT2D eigenvalue weighted by Gasteiger charge is 2.13. The molecule has 1 aromatic carbocycles. The summed E-state index contributed by atoms with van der Waals surface area (Å²) in [6.07, 6.45) is 1.82. The van der Waals surface area contributed by atoms with E-state index in [1.54, 1.807) is 36.5 Å². The van der Waals surface area contributed by atoms with E-state index >= 15 is 0 Å². The summed E-state index contributed by atoms with van der Waals surface area (Å²) in [5, 5.41) is 0.529. The number of hydrogen-bond acceptors (Lipinski definition) is 4. The highest BCUT2D eigenvalue weighted by molar-refractivity contribution is 6.30. The first-order valence-corrected chi connectivity index (χ1v) is 6.05. The van der Waals surface area contributed by atoms with Crippen molar-refractivity contribution in [3.05, 3.63) is 52.7 Å². The third kappa shape index (κ3) is 3.23. The number of carbonyl (C=O) groups excluding carboxylic acids is 1. The molecule has 0 aliphatic heterocycles. The molecule has 0 atom stereocenters. The maximum atomic E-state index is 12.2. The van der Waals surface area contributed by atoms with Gasteiger partial charge in [-0.3, -0.25) is 4.79 Å². The summed E-state index contributed by atoms with van der Waals surface area (Å²) in [6, 6.07) is 8.39. The zero-order valence-corrected chi connectivity index (χ0v) is 11.1. The fourth-order valence-electron chi connectivity index (χ4n) is 1.78. The van der Waals surface area contributed by atoms with E-state index < -0.39 is 0 Å². The molecule has 2 aromatic rings. The second kappa shape index (κ2) is 5.71. The number of ether oxygens (including phenoxy) is 1. The fraction of sp³-hybridized carbons (Fsp3) is 0.143. The van der Waals surface area contributed by atoms with E-state index in [9.17, 15) is 4.79 Å². The van der Waals surface area contributed by atoms with Crippen LogP contribution in [0.2, 0.25) is 5.02 Å². The average molecular weight is 277 g/mol. The normalized spacial score (nSPS) is 10.2. The number of nitrogen functional groups attached to an aromatic ring is 1. The van der Waals surface area contributed by atoms with Gasteiger partial charge in [0.15, 0.2) is 5.78 Å². The highest BCUT2D eigenvalue weighted by atomic mass is 35.5. The number of aromatic nitrogens is 1. The third-order valence-electron chi connectivity index (χ3n) is 2.67. The first-order chi connectivity index (χ1) is 9.10. The lowest BCUT2D eigenvalue weighted by atomic mass is 10.0. The molecule has 0 aliphatic carbocycles. The second-order valence-electron chi connectivity index (χ2n) is 4.03. The number of benzene rings is 1. The van der Waals surface area contributed by atoms with Crippen molar-refractivity contribution in [3.63, 3.8) is 0 Å². The van der Waals surface area contributed by atoms with E-state index in [2.05, 4.69) is 4.98 Å². The molecule has 1 heterocycles. The monoisotopic (exact) mass is 276 g/mol. The Morgan fingerprint density at radius 1 is 1.37 bits per heavy atom. The quantitative estimate of drug-likeness (QED) is 0.872. The Bertz CT molecular complexity index is 614. The van der Waals surface area contributed by atoms with E-state index in [0.717, 1.165) is 5.56 Å². The van der Waals surface area contributed by atoms with Crippen LogP contribution < -0.4 is 10.5 Å². The van der Waals surface area contributed by atoms with Crippen LogP contribution in [0.15, 0.2) is 36.5 Å².